The quantitative estimate of drug-likeness (QED) is 0.722. The molecule has 1 heterocycles. The van der Waals surface area contributed by atoms with E-state index >= 15 is 0 Å². The number of pyridine rings is 1. The number of hydrogen-bond donors (Lipinski definition) is 0. The molecule has 0 saturated carbocycles. The van der Waals surface area contributed by atoms with Gasteiger partial charge in [0.2, 0.25) is 0 Å². The normalized spacial score (nSPS) is 9.12. The van der Waals surface area contributed by atoms with E-state index in [1.54, 1.807) is 6.20 Å². The van der Waals surface area contributed by atoms with Crippen LogP contribution in [0.25, 0.3) is 10.9 Å². The molecule has 1 aromatic carbocycles. The van der Waals surface area contributed by atoms with Crippen LogP contribution >= 0.6 is 0 Å². The van der Waals surface area contributed by atoms with E-state index in [0.717, 1.165) is 17.3 Å². The number of nitrogens with zero attached hydrogens (tertiary/aromatic N) is 2. The average molecular weight is 212 g/mol. The molecule has 0 amide bonds. The molecule has 0 unspecified atom stereocenters. The lowest BCUT2D eigenvalue weighted by Gasteiger charge is -2.00. The lowest BCUT2D eigenvalue weighted by Crippen LogP contribution is -1.85. The molecule has 0 saturated heterocycles. The van der Waals surface area contributed by atoms with E-state index < -0.39 is 0 Å². The molecular weight excluding hydrogens is 196 g/mol. The first-order valence-corrected chi connectivity index (χ1v) is 5.62. The Morgan fingerprint density at radius 1 is 1.25 bits per heavy atom. The van der Waals surface area contributed by atoms with Crippen LogP contribution in [0.15, 0.2) is 30.5 Å². The summed E-state index contributed by atoms with van der Waals surface area (Å²) in [5, 5.41) is 9.74. The molecule has 1 aromatic heterocycles. The van der Waals surface area contributed by atoms with Gasteiger partial charge in [-0.2, -0.15) is 5.26 Å². The van der Waals surface area contributed by atoms with E-state index in [9.17, 15) is 0 Å². The molecule has 0 aliphatic heterocycles. The van der Waals surface area contributed by atoms with Crippen LogP contribution in [0.3, 0.4) is 0 Å². The molecule has 0 spiro atoms. The number of nitriles is 1. The lowest BCUT2D eigenvalue weighted by molar-refractivity contribution is 1.14. The van der Waals surface area contributed by atoms with Crippen molar-refractivity contribution >= 4 is 10.9 Å². The van der Waals surface area contributed by atoms with Crippen LogP contribution < -0.4 is 0 Å². The molecule has 0 atom stereocenters. The smallest absolute Gasteiger partial charge is 0.101 e. The fourth-order valence-electron chi connectivity index (χ4n) is 1.45. The van der Waals surface area contributed by atoms with Crippen LogP contribution in [0.2, 0.25) is 0 Å². The highest BCUT2D eigenvalue weighted by molar-refractivity contribution is 5.80. The molecule has 82 valence electrons. The number of rotatable bonds is 1. The molecule has 0 aliphatic rings. The molecule has 0 aliphatic carbocycles. The second kappa shape index (κ2) is 5.87. The number of fused-ring (bicyclic) bond motifs is 1. The van der Waals surface area contributed by atoms with E-state index in [0.29, 0.717) is 5.56 Å². The molecule has 0 fully saturated rings. The third kappa shape index (κ3) is 2.58. The third-order valence-electron chi connectivity index (χ3n) is 2.29. The molecule has 2 heteroatoms. The van der Waals surface area contributed by atoms with Gasteiger partial charge in [0, 0.05) is 11.6 Å². The van der Waals surface area contributed by atoms with Crippen LogP contribution in [0.1, 0.15) is 31.9 Å². The highest BCUT2D eigenvalue weighted by Gasteiger charge is 1.97. The zero-order valence-corrected chi connectivity index (χ0v) is 9.99. The molecule has 0 N–H and O–H groups in total. The molecule has 0 radical (unpaired) electrons. The molecule has 16 heavy (non-hydrogen) atoms. The summed E-state index contributed by atoms with van der Waals surface area (Å²) in [7, 11) is 0. The van der Waals surface area contributed by atoms with Crippen LogP contribution in [0.4, 0.5) is 0 Å². The van der Waals surface area contributed by atoms with Crippen molar-refractivity contribution in [2.45, 2.75) is 27.2 Å². The third-order valence-corrected chi connectivity index (χ3v) is 2.29. The predicted octanol–water partition coefficient (Wildman–Crippen LogP) is 3.70. The van der Waals surface area contributed by atoms with Gasteiger partial charge in [-0.15, -0.1) is 0 Å². The molecule has 2 aromatic rings. The summed E-state index contributed by atoms with van der Waals surface area (Å²) in [6, 6.07) is 10.1. The fourth-order valence-corrected chi connectivity index (χ4v) is 1.45. The first-order valence-electron chi connectivity index (χ1n) is 5.62. The summed E-state index contributed by atoms with van der Waals surface area (Å²) in [5.74, 6) is 0. The van der Waals surface area contributed by atoms with Gasteiger partial charge in [-0.05, 0) is 24.1 Å². The Balaban J connectivity index is 0.000000606. The van der Waals surface area contributed by atoms with Crippen LogP contribution in [0.5, 0.6) is 0 Å². The number of aryl methyl sites for hydroxylation is 1. The van der Waals surface area contributed by atoms with Gasteiger partial charge < -0.3 is 0 Å². The minimum atomic E-state index is 0.613. The van der Waals surface area contributed by atoms with Gasteiger partial charge in [0.05, 0.1) is 11.1 Å². The number of aromatic nitrogens is 1. The summed E-state index contributed by atoms with van der Waals surface area (Å²) in [6.45, 7) is 6.12. The van der Waals surface area contributed by atoms with Gasteiger partial charge in [-0.1, -0.05) is 32.9 Å². The van der Waals surface area contributed by atoms with E-state index in [2.05, 4.69) is 30.1 Å². The van der Waals surface area contributed by atoms with Crippen molar-refractivity contribution in [2.24, 2.45) is 0 Å². The van der Waals surface area contributed by atoms with Crippen LogP contribution in [-0.4, -0.2) is 4.98 Å². The highest BCUT2D eigenvalue weighted by Crippen LogP contribution is 2.15. The maximum atomic E-state index is 8.71. The minimum absolute atomic E-state index is 0.613. The van der Waals surface area contributed by atoms with Gasteiger partial charge in [-0.3, -0.25) is 4.98 Å². The Labute approximate surface area is 96.6 Å². The lowest BCUT2D eigenvalue weighted by atomic mass is 10.1. The first-order chi connectivity index (χ1) is 7.83. The first kappa shape index (κ1) is 12.2. The average Bonchev–Trinajstić information content (AvgIpc) is 2.39. The predicted molar refractivity (Wildman–Crippen MR) is 67.2 cm³/mol. The summed E-state index contributed by atoms with van der Waals surface area (Å²) < 4.78 is 0. The summed E-state index contributed by atoms with van der Waals surface area (Å²) in [4.78, 5) is 4.24. The largest absolute Gasteiger partial charge is 0.255 e. The van der Waals surface area contributed by atoms with E-state index in [1.165, 1.54) is 5.56 Å². The SMILES string of the molecule is CC.CCc1ccc2cc(C#N)cnc2c1. The Morgan fingerprint density at radius 2 is 2.00 bits per heavy atom. The van der Waals surface area contributed by atoms with Crippen LogP contribution in [0, 0.1) is 11.3 Å². The number of benzene rings is 1. The van der Waals surface area contributed by atoms with Crippen molar-refractivity contribution in [3.63, 3.8) is 0 Å². The van der Waals surface area contributed by atoms with Gasteiger partial charge in [0.25, 0.3) is 0 Å². The fraction of sp³-hybridized carbons (Fsp3) is 0.286. The highest BCUT2D eigenvalue weighted by atomic mass is 14.6. The Kier molecular flexibility index (Phi) is 4.47. The monoisotopic (exact) mass is 212 g/mol. The van der Waals surface area contributed by atoms with Gasteiger partial charge in [-0.25, -0.2) is 0 Å². The van der Waals surface area contributed by atoms with Crippen molar-refractivity contribution in [2.75, 3.05) is 0 Å². The van der Waals surface area contributed by atoms with E-state index in [-0.39, 0.29) is 0 Å². The zero-order valence-electron chi connectivity index (χ0n) is 9.99. The summed E-state index contributed by atoms with van der Waals surface area (Å²) in [6.07, 6.45) is 2.62. The maximum absolute atomic E-state index is 8.71. The topological polar surface area (TPSA) is 36.7 Å². The second-order valence-electron chi connectivity index (χ2n) is 3.22. The molecule has 2 nitrogen and oxygen atoms in total. The summed E-state index contributed by atoms with van der Waals surface area (Å²) in [5.41, 5.74) is 2.85. The van der Waals surface area contributed by atoms with E-state index in [4.69, 9.17) is 5.26 Å². The summed E-state index contributed by atoms with van der Waals surface area (Å²) >= 11 is 0. The molecular formula is C14H16N2. The Hall–Kier alpha value is -1.88. The molecule has 2 rings (SSSR count). The van der Waals surface area contributed by atoms with Gasteiger partial charge in [0.1, 0.15) is 6.07 Å². The van der Waals surface area contributed by atoms with Gasteiger partial charge in [0.15, 0.2) is 0 Å². The maximum Gasteiger partial charge on any atom is 0.101 e. The van der Waals surface area contributed by atoms with E-state index in [1.807, 2.05) is 26.0 Å². The second-order valence-corrected chi connectivity index (χ2v) is 3.22. The van der Waals surface area contributed by atoms with Crippen molar-refractivity contribution in [1.29, 1.82) is 5.26 Å². The van der Waals surface area contributed by atoms with Crippen LogP contribution in [-0.2, 0) is 6.42 Å². The zero-order chi connectivity index (χ0) is 12.0. The van der Waals surface area contributed by atoms with Gasteiger partial charge >= 0.3 is 0 Å². The van der Waals surface area contributed by atoms with Crippen molar-refractivity contribution in [3.8, 4) is 6.07 Å². The minimum Gasteiger partial charge on any atom is -0.255 e. The van der Waals surface area contributed by atoms with Crippen molar-refractivity contribution in [3.05, 3.63) is 41.6 Å². The Morgan fingerprint density at radius 3 is 2.62 bits per heavy atom. The Bertz CT molecular complexity index is 510. The van der Waals surface area contributed by atoms with Crippen molar-refractivity contribution in [1.82, 2.24) is 4.98 Å². The number of hydrogen-bond acceptors (Lipinski definition) is 2. The molecule has 0 bridgehead atoms. The standard InChI is InChI=1S/C12H10N2.C2H6/c1-2-9-3-4-11-5-10(7-13)8-14-12(11)6-9;1-2/h3-6,8H,2H2,1H3;1-2H3. The van der Waals surface area contributed by atoms with Crippen molar-refractivity contribution < 1.29 is 0 Å².